The van der Waals surface area contributed by atoms with Crippen LogP contribution in [0.1, 0.15) is 6.92 Å². The lowest BCUT2D eigenvalue weighted by Gasteiger charge is -2.26. The smallest absolute Gasteiger partial charge is 0.327 e. The normalized spacial score (nSPS) is 13.1. The quantitative estimate of drug-likeness (QED) is 0.925. The van der Waals surface area contributed by atoms with Gasteiger partial charge in [0.2, 0.25) is 10.0 Å². The third-order valence-corrected chi connectivity index (χ3v) is 3.85. The molecule has 0 aliphatic carbocycles. The van der Waals surface area contributed by atoms with Crippen LogP contribution in [0.3, 0.4) is 0 Å². The molecule has 100 valence electrons. The standard InChI is InChI=1S/C10H11Cl2NO4S/c1-6(10(14)15)13(18(2,16)17)9-4-7(11)3-8(12)5-9/h3-6H,1-2H3,(H,14,15). The molecule has 0 aromatic heterocycles. The minimum absolute atomic E-state index is 0.116. The van der Waals surface area contributed by atoms with Crippen molar-refractivity contribution in [3.63, 3.8) is 0 Å². The second-order valence-electron chi connectivity index (χ2n) is 3.70. The maximum Gasteiger partial charge on any atom is 0.327 e. The SMILES string of the molecule is CC(C(=O)O)N(c1cc(Cl)cc(Cl)c1)S(C)(=O)=O. The zero-order chi connectivity index (χ0) is 14.1. The van der Waals surface area contributed by atoms with Crippen LogP contribution in [-0.4, -0.2) is 31.8 Å². The summed E-state index contributed by atoms with van der Waals surface area (Å²) in [5.74, 6) is -1.27. The first kappa shape index (κ1) is 15.1. The molecule has 0 saturated heterocycles. The Balaban J connectivity index is 3.40. The third kappa shape index (κ3) is 3.51. The van der Waals surface area contributed by atoms with Gasteiger partial charge in [-0.05, 0) is 25.1 Å². The number of hydrogen-bond donors (Lipinski definition) is 1. The predicted octanol–water partition coefficient (Wildman–Crippen LogP) is 2.23. The van der Waals surface area contributed by atoms with Gasteiger partial charge in [-0.3, -0.25) is 4.31 Å². The van der Waals surface area contributed by atoms with E-state index in [4.69, 9.17) is 28.3 Å². The fraction of sp³-hybridized carbons (Fsp3) is 0.300. The zero-order valence-corrected chi connectivity index (χ0v) is 11.9. The number of carboxylic acids is 1. The van der Waals surface area contributed by atoms with E-state index in [-0.39, 0.29) is 15.7 Å². The molecule has 0 amide bonds. The number of aliphatic carboxylic acids is 1. The number of halogens is 2. The molecule has 1 rings (SSSR count). The molecule has 1 N–H and O–H groups in total. The number of carbonyl (C=O) groups is 1. The van der Waals surface area contributed by atoms with Crippen molar-refractivity contribution in [2.24, 2.45) is 0 Å². The summed E-state index contributed by atoms with van der Waals surface area (Å²) >= 11 is 11.6. The molecule has 0 aliphatic heterocycles. The van der Waals surface area contributed by atoms with E-state index < -0.39 is 22.0 Å². The van der Waals surface area contributed by atoms with Crippen LogP contribution in [0.4, 0.5) is 5.69 Å². The van der Waals surface area contributed by atoms with Crippen LogP contribution >= 0.6 is 23.2 Å². The lowest BCUT2D eigenvalue weighted by Crippen LogP contribution is -2.42. The van der Waals surface area contributed by atoms with Crippen LogP contribution in [-0.2, 0) is 14.8 Å². The number of sulfonamides is 1. The van der Waals surface area contributed by atoms with Gasteiger partial charge in [-0.15, -0.1) is 0 Å². The first-order valence-electron chi connectivity index (χ1n) is 4.81. The van der Waals surface area contributed by atoms with Gasteiger partial charge in [0, 0.05) is 10.0 Å². The Bertz CT molecular complexity index is 553. The van der Waals surface area contributed by atoms with E-state index >= 15 is 0 Å². The Morgan fingerprint density at radius 2 is 1.72 bits per heavy atom. The molecule has 0 spiro atoms. The van der Waals surface area contributed by atoms with Crippen molar-refractivity contribution < 1.29 is 18.3 Å². The van der Waals surface area contributed by atoms with Crippen molar-refractivity contribution >= 4 is 44.9 Å². The maximum atomic E-state index is 11.7. The lowest BCUT2D eigenvalue weighted by atomic mass is 10.2. The molecule has 8 heteroatoms. The van der Waals surface area contributed by atoms with E-state index in [1.54, 1.807) is 0 Å². The third-order valence-electron chi connectivity index (χ3n) is 2.17. The van der Waals surface area contributed by atoms with Crippen LogP contribution in [0.5, 0.6) is 0 Å². The second-order valence-corrected chi connectivity index (χ2v) is 6.43. The number of rotatable bonds is 4. The minimum Gasteiger partial charge on any atom is -0.480 e. The topological polar surface area (TPSA) is 74.7 Å². The van der Waals surface area contributed by atoms with Crippen LogP contribution < -0.4 is 4.31 Å². The Morgan fingerprint density at radius 1 is 1.28 bits per heavy atom. The molecule has 1 atom stereocenters. The van der Waals surface area contributed by atoms with Gasteiger partial charge in [0.1, 0.15) is 6.04 Å². The molecule has 0 fully saturated rings. The fourth-order valence-corrected chi connectivity index (χ4v) is 3.14. The Kier molecular flexibility index (Phi) is 4.47. The average molecular weight is 312 g/mol. The highest BCUT2D eigenvalue weighted by molar-refractivity contribution is 7.92. The van der Waals surface area contributed by atoms with E-state index in [1.165, 1.54) is 25.1 Å². The first-order valence-corrected chi connectivity index (χ1v) is 7.41. The number of anilines is 1. The summed E-state index contributed by atoms with van der Waals surface area (Å²) in [4.78, 5) is 11.0. The van der Waals surface area contributed by atoms with Gasteiger partial charge in [-0.25, -0.2) is 13.2 Å². The monoisotopic (exact) mass is 311 g/mol. The molecule has 0 saturated carbocycles. The molecule has 0 heterocycles. The van der Waals surface area contributed by atoms with E-state index in [2.05, 4.69) is 0 Å². The predicted molar refractivity (Wildman–Crippen MR) is 70.9 cm³/mol. The van der Waals surface area contributed by atoms with Crippen molar-refractivity contribution in [1.82, 2.24) is 0 Å². The van der Waals surface area contributed by atoms with Gasteiger partial charge in [-0.1, -0.05) is 23.2 Å². The van der Waals surface area contributed by atoms with E-state index in [9.17, 15) is 13.2 Å². The molecule has 1 aromatic rings. The highest BCUT2D eigenvalue weighted by atomic mass is 35.5. The van der Waals surface area contributed by atoms with Gasteiger partial charge in [0.15, 0.2) is 0 Å². The van der Waals surface area contributed by atoms with Crippen LogP contribution in [0.2, 0.25) is 10.0 Å². The van der Waals surface area contributed by atoms with Crippen molar-refractivity contribution in [3.05, 3.63) is 28.2 Å². The molecule has 1 aromatic carbocycles. The molecule has 1 unspecified atom stereocenters. The Hall–Kier alpha value is -0.980. The zero-order valence-electron chi connectivity index (χ0n) is 9.59. The van der Waals surface area contributed by atoms with Gasteiger partial charge in [0.25, 0.3) is 0 Å². The molecule has 0 aliphatic rings. The molecule has 0 radical (unpaired) electrons. The van der Waals surface area contributed by atoms with Crippen molar-refractivity contribution in [2.45, 2.75) is 13.0 Å². The fourth-order valence-electron chi connectivity index (χ4n) is 1.47. The Labute approximate surface area is 115 Å². The average Bonchev–Trinajstić information content (AvgIpc) is 2.13. The van der Waals surface area contributed by atoms with Crippen molar-refractivity contribution in [1.29, 1.82) is 0 Å². The molecule has 18 heavy (non-hydrogen) atoms. The minimum atomic E-state index is -3.76. The highest BCUT2D eigenvalue weighted by Gasteiger charge is 2.29. The Morgan fingerprint density at radius 3 is 2.06 bits per heavy atom. The highest BCUT2D eigenvalue weighted by Crippen LogP contribution is 2.28. The van der Waals surface area contributed by atoms with E-state index in [0.717, 1.165) is 10.6 Å². The number of nitrogens with zero attached hydrogens (tertiary/aromatic N) is 1. The van der Waals surface area contributed by atoms with Crippen LogP contribution in [0.25, 0.3) is 0 Å². The van der Waals surface area contributed by atoms with E-state index in [0.29, 0.717) is 0 Å². The number of carboxylic acid groups (broad SMARTS) is 1. The van der Waals surface area contributed by atoms with Crippen LogP contribution in [0, 0.1) is 0 Å². The van der Waals surface area contributed by atoms with Gasteiger partial charge >= 0.3 is 5.97 Å². The summed E-state index contributed by atoms with van der Waals surface area (Å²) in [5, 5.41) is 9.39. The number of benzene rings is 1. The second kappa shape index (κ2) is 5.34. The molecule has 5 nitrogen and oxygen atoms in total. The summed E-state index contributed by atoms with van der Waals surface area (Å²) in [6, 6.07) is 2.86. The van der Waals surface area contributed by atoms with Gasteiger partial charge < -0.3 is 5.11 Å². The summed E-state index contributed by atoms with van der Waals surface area (Å²) < 4.78 is 24.1. The molecular formula is C10H11Cl2NO4S. The summed E-state index contributed by atoms with van der Waals surface area (Å²) in [5.41, 5.74) is 0.116. The van der Waals surface area contributed by atoms with Gasteiger partial charge in [0.05, 0.1) is 11.9 Å². The van der Waals surface area contributed by atoms with Crippen molar-refractivity contribution in [2.75, 3.05) is 10.6 Å². The first-order chi connectivity index (χ1) is 8.12. The molecular weight excluding hydrogens is 301 g/mol. The summed E-state index contributed by atoms with van der Waals surface area (Å²) in [6.07, 6.45) is 0.918. The number of hydrogen-bond acceptors (Lipinski definition) is 3. The maximum absolute atomic E-state index is 11.7. The summed E-state index contributed by atoms with van der Waals surface area (Å²) in [7, 11) is -3.76. The van der Waals surface area contributed by atoms with Crippen molar-refractivity contribution in [3.8, 4) is 0 Å². The van der Waals surface area contributed by atoms with Crippen LogP contribution in [0.15, 0.2) is 18.2 Å². The summed E-state index contributed by atoms with van der Waals surface area (Å²) in [6.45, 7) is 1.26. The largest absolute Gasteiger partial charge is 0.480 e. The molecule has 0 bridgehead atoms. The van der Waals surface area contributed by atoms with Gasteiger partial charge in [-0.2, -0.15) is 0 Å². The van der Waals surface area contributed by atoms with E-state index in [1.807, 2.05) is 0 Å². The lowest BCUT2D eigenvalue weighted by molar-refractivity contribution is -0.137.